The number of halogens is 1. The topological polar surface area (TPSA) is 90.4 Å². The third-order valence-electron chi connectivity index (χ3n) is 7.23. The number of piperidine rings is 1. The molecule has 3 N–H and O–H groups in total. The first-order chi connectivity index (χ1) is 17.5. The smallest absolute Gasteiger partial charge is 0.259 e. The summed E-state index contributed by atoms with van der Waals surface area (Å²) < 4.78 is 16.8. The quantitative estimate of drug-likeness (QED) is 0.363. The van der Waals surface area contributed by atoms with E-state index in [2.05, 4.69) is 15.2 Å². The van der Waals surface area contributed by atoms with Crippen molar-refractivity contribution in [3.63, 3.8) is 0 Å². The molecule has 2 aromatic heterocycles. The first kappa shape index (κ1) is 22.7. The zero-order chi connectivity index (χ0) is 24.8. The van der Waals surface area contributed by atoms with E-state index in [1.807, 2.05) is 24.3 Å². The molecule has 7 nitrogen and oxygen atoms in total. The Morgan fingerprint density at radius 1 is 0.889 bits per heavy atom. The Kier molecular flexibility index (Phi) is 5.70. The van der Waals surface area contributed by atoms with Crippen LogP contribution in [0, 0.1) is 5.82 Å². The highest BCUT2D eigenvalue weighted by Gasteiger charge is 2.35. The van der Waals surface area contributed by atoms with Crippen molar-refractivity contribution in [3.8, 4) is 0 Å². The summed E-state index contributed by atoms with van der Waals surface area (Å²) in [4.78, 5) is 31.5. The number of β-amino-alcohol motifs (C(OH)–C–C–N with tert-alkyl or cyclic N) is 1. The number of aromatic amines is 1. The lowest BCUT2D eigenvalue weighted by Gasteiger charge is -2.28. The van der Waals surface area contributed by atoms with Crippen LogP contribution in [0.2, 0.25) is 0 Å². The van der Waals surface area contributed by atoms with E-state index in [-0.39, 0.29) is 17.7 Å². The molecule has 2 aliphatic heterocycles. The lowest BCUT2D eigenvalue weighted by molar-refractivity contribution is -0.122. The number of aliphatic hydroxyl groups excluding tert-OH is 1. The van der Waals surface area contributed by atoms with Crippen LogP contribution in [-0.4, -0.2) is 57.1 Å². The van der Waals surface area contributed by atoms with Gasteiger partial charge in [0, 0.05) is 52.9 Å². The van der Waals surface area contributed by atoms with Gasteiger partial charge < -0.3 is 19.6 Å². The molecule has 36 heavy (non-hydrogen) atoms. The van der Waals surface area contributed by atoms with E-state index in [1.54, 1.807) is 29.1 Å². The highest BCUT2D eigenvalue weighted by molar-refractivity contribution is 6.50. The number of aromatic nitrogens is 2. The normalized spacial score (nSPS) is 17.9. The van der Waals surface area contributed by atoms with Crippen molar-refractivity contribution < 1.29 is 19.1 Å². The fourth-order valence-corrected chi connectivity index (χ4v) is 5.63. The molecule has 184 valence electrons. The summed E-state index contributed by atoms with van der Waals surface area (Å²) in [6.45, 7) is 2.59. The summed E-state index contributed by atoms with van der Waals surface area (Å²) in [6, 6.07) is 12.3. The van der Waals surface area contributed by atoms with Crippen LogP contribution >= 0.6 is 0 Å². The second-order valence-corrected chi connectivity index (χ2v) is 9.63. The summed E-state index contributed by atoms with van der Waals surface area (Å²) in [5, 5.41) is 14.6. The largest absolute Gasteiger partial charge is 0.390 e. The molecule has 1 fully saturated rings. The molecule has 1 unspecified atom stereocenters. The number of carbonyl (C=O) groups is 2. The SMILES string of the molecule is O=C1NC(=O)C(c2cn(CC(O)CN3CCCCC3)c3c(F)cccc23)=C1c1c[nH]c2ccccc12. The molecule has 2 aliphatic rings. The van der Waals surface area contributed by atoms with Gasteiger partial charge in [0.15, 0.2) is 0 Å². The van der Waals surface area contributed by atoms with Gasteiger partial charge in [-0.1, -0.05) is 36.8 Å². The lowest BCUT2D eigenvalue weighted by atomic mass is 9.95. The van der Waals surface area contributed by atoms with Crippen molar-refractivity contribution in [2.75, 3.05) is 19.6 Å². The number of nitrogens with zero attached hydrogens (tertiary/aromatic N) is 2. The van der Waals surface area contributed by atoms with E-state index in [4.69, 9.17) is 0 Å². The van der Waals surface area contributed by atoms with Gasteiger partial charge in [-0.25, -0.2) is 4.39 Å². The van der Waals surface area contributed by atoms with Crippen LogP contribution in [0.3, 0.4) is 0 Å². The maximum absolute atomic E-state index is 15.1. The number of nitrogens with one attached hydrogen (secondary N) is 2. The molecule has 8 heteroatoms. The second-order valence-electron chi connectivity index (χ2n) is 9.63. The zero-order valence-corrected chi connectivity index (χ0v) is 19.8. The Morgan fingerprint density at radius 2 is 1.61 bits per heavy atom. The van der Waals surface area contributed by atoms with Gasteiger partial charge in [0.05, 0.1) is 22.8 Å². The Bertz CT molecular complexity index is 1530. The third kappa shape index (κ3) is 3.83. The lowest BCUT2D eigenvalue weighted by Crippen LogP contribution is -2.38. The maximum atomic E-state index is 15.1. The van der Waals surface area contributed by atoms with Crippen LogP contribution in [0.5, 0.6) is 0 Å². The second kappa shape index (κ2) is 9.04. The average Bonchev–Trinajstić information content (AvgIpc) is 3.53. The number of fused-ring (bicyclic) bond motifs is 2. The number of para-hydroxylation sites is 2. The minimum absolute atomic E-state index is 0.180. The molecule has 4 heterocycles. The fraction of sp³-hybridized carbons (Fsp3) is 0.286. The van der Waals surface area contributed by atoms with Gasteiger partial charge in [0.25, 0.3) is 11.8 Å². The Labute approximate surface area is 207 Å². The fourth-order valence-electron chi connectivity index (χ4n) is 5.63. The van der Waals surface area contributed by atoms with Crippen LogP contribution in [0.25, 0.3) is 33.0 Å². The van der Waals surface area contributed by atoms with Crippen LogP contribution < -0.4 is 5.32 Å². The molecule has 0 bridgehead atoms. The van der Waals surface area contributed by atoms with Gasteiger partial charge >= 0.3 is 0 Å². The molecule has 1 atom stereocenters. The first-order valence-corrected chi connectivity index (χ1v) is 12.4. The van der Waals surface area contributed by atoms with Crippen molar-refractivity contribution in [3.05, 3.63) is 71.8 Å². The van der Waals surface area contributed by atoms with Crippen molar-refractivity contribution in [2.45, 2.75) is 31.9 Å². The Morgan fingerprint density at radius 3 is 2.42 bits per heavy atom. The summed E-state index contributed by atoms with van der Waals surface area (Å²) in [6.07, 6.45) is 6.15. The van der Waals surface area contributed by atoms with Crippen LogP contribution in [0.15, 0.2) is 54.9 Å². The van der Waals surface area contributed by atoms with E-state index < -0.39 is 23.7 Å². The van der Waals surface area contributed by atoms with E-state index in [1.165, 1.54) is 12.5 Å². The number of carbonyl (C=O) groups excluding carboxylic acids is 2. The summed E-state index contributed by atoms with van der Waals surface area (Å²) in [5.74, 6) is -1.44. The minimum atomic E-state index is -0.702. The van der Waals surface area contributed by atoms with Crippen molar-refractivity contribution in [1.29, 1.82) is 0 Å². The van der Waals surface area contributed by atoms with Gasteiger partial charge in [0.2, 0.25) is 0 Å². The molecule has 0 aliphatic carbocycles. The number of hydrogen-bond acceptors (Lipinski definition) is 4. The molecule has 0 saturated carbocycles. The number of H-pyrrole nitrogens is 1. The van der Waals surface area contributed by atoms with E-state index in [9.17, 15) is 14.7 Å². The Hall–Kier alpha value is -3.75. The molecule has 2 aromatic carbocycles. The Balaban J connectivity index is 1.47. The summed E-state index contributed by atoms with van der Waals surface area (Å²) in [7, 11) is 0. The number of amides is 2. The van der Waals surface area contributed by atoms with Gasteiger partial charge in [-0.15, -0.1) is 0 Å². The van der Waals surface area contributed by atoms with E-state index in [0.717, 1.165) is 36.8 Å². The number of aliphatic hydroxyl groups is 1. The van der Waals surface area contributed by atoms with Crippen molar-refractivity contribution in [2.24, 2.45) is 0 Å². The number of hydrogen-bond donors (Lipinski definition) is 3. The number of imide groups is 1. The molecule has 2 amide bonds. The predicted molar refractivity (Wildman–Crippen MR) is 136 cm³/mol. The highest BCUT2D eigenvalue weighted by Crippen LogP contribution is 2.38. The summed E-state index contributed by atoms with van der Waals surface area (Å²) >= 11 is 0. The van der Waals surface area contributed by atoms with Crippen molar-refractivity contribution in [1.82, 2.24) is 19.8 Å². The van der Waals surface area contributed by atoms with Crippen molar-refractivity contribution >= 4 is 44.8 Å². The molecular formula is C28H27FN4O3. The van der Waals surface area contributed by atoms with Gasteiger partial charge in [0.1, 0.15) is 5.82 Å². The van der Waals surface area contributed by atoms with Gasteiger partial charge in [-0.2, -0.15) is 0 Å². The molecule has 0 radical (unpaired) electrons. The molecular weight excluding hydrogens is 459 g/mol. The van der Waals surface area contributed by atoms with E-state index >= 15 is 4.39 Å². The molecule has 4 aromatic rings. The van der Waals surface area contributed by atoms with Gasteiger partial charge in [-0.05, 0) is 38.1 Å². The van der Waals surface area contributed by atoms with E-state index in [0.29, 0.717) is 28.6 Å². The standard InChI is InChI=1S/C28H27FN4O3/c29-22-9-6-8-19-21(16-33(26(19)22)15-17(34)14-32-11-4-1-5-12-32)25-24(27(35)31-28(25)36)20-13-30-23-10-3-2-7-18(20)23/h2-3,6-10,13,16-17,30,34H,1,4-5,11-12,14-15H2,(H,31,35,36). The average molecular weight is 487 g/mol. The number of benzene rings is 2. The monoisotopic (exact) mass is 486 g/mol. The van der Waals surface area contributed by atoms with Gasteiger partial charge in [-0.3, -0.25) is 14.9 Å². The predicted octanol–water partition coefficient (Wildman–Crippen LogP) is 3.68. The van der Waals surface area contributed by atoms with Crippen LogP contribution in [-0.2, 0) is 16.1 Å². The van der Waals surface area contributed by atoms with Crippen LogP contribution in [0.4, 0.5) is 4.39 Å². The first-order valence-electron chi connectivity index (χ1n) is 12.4. The third-order valence-corrected chi connectivity index (χ3v) is 7.23. The molecule has 6 rings (SSSR count). The molecule has 0 spiro atoms. The number of likely N-dealkylation sites (tertiary alicyclic amines) is 1. The zero-order valence-electron chi connectivity index (χ0n) is 19.8. The molecule has 1 saturated heterocycles. The summed E-state index contributed by atoms with van der Waals surface area (Å²) in [5.41, 5.74) is 2.72. The number of rotatable bonds is 6. The minimum Gasteiger partial charge on any atom is -0.390 e. The highest BCUT2D eigenvalue weighted by atomic mass is 19.1. The maximum Gasteiger partial charge on any atom is 0.259 e. The van der Waals surface area contributed by atoms with Crippen LogP contribution in [0.1, 0.15) is 30.4 Å².